The molecule has 0 spiro atoms. The molecular weight excluding hydrogens is 368 g/mol. The molecule has 1 saturated heterocycles. The van der Waals surface area contributed by atoms with Crippen molar-refractivity contribution in [3.8, 4) is 11.8 Å². The topological polar surface area (TPSA) is 101 Å². The van der Waals surface area contributed by atoms with Crippen LogP contribution in [0, 0.1) is 11.3 Å². The van der Waals surface area contributed by atoms with Crippen LogP contribution < -0.4 is 5.73 Å². The van der Waals surface area contributed by atoms with Crippen molar-refractivity contribution >= 4 is 29.2 Å². The van der Waals surface area contributed by atoms with Crippen LogP contribution >= 0.6 is 11.6 Å². The molecule has 0 radical (unpaired) electrons. The van der Waals surface area contributed by atoms with Crippen LogP contribution in [0.25, 0.3) is 5.69 Å². The molecule has 7 nitrogen and oxygen atoms in total. The number of nitrogens with two attached hydrogens (primary N) is 1. The second-order valence-corrected chi connectivity index (χ2v) is 6.70. The number of aromatic nitrogens is 1. The third-order valence-electron chi connectivity index (χ3n) is 4.65. The molecule has 1 fully saturated rings. The van der Waals surface area contributed by atoms with Gasteiger partial charge in [0.15, 0.2) is 5.69 Å². The lowest BCUT2D eigenvalue weighted by molar-refractivity contribution is 0.0592. The van der Waals surface area contributed by atoms with Crippen LogP contribution in [0.2, 0.25) is 5.02 Å². The van der Waals surface area contributed by atoms with Gasteiger partial charge < -0.3 is 19.9 Å². The van der Waals surface area contributed by atoms with Gasteiger partial charge in [0.2, 0.25) is 0 Å². The van der Waals surface area contributed by atoms with Crippen molar-refractivity contribution in [3.05, 3.63) is 46.2 Å². The molecule has 1 aliphatic rings. The zero-order chi connectivity index (χ0) is 19.6. The highest BCUT2D eigenvalue weighted by Crippen LogP contribution is 2.28. The summed E-state index contributed by atoms with van der Waals surface area (Å²) in [5, 5.41) is 9.47. The summed E-state index contributed by atoms with van der Waals surface area (Å²) in [6.45, 7) is 1.45. The van der Waals surface area contributed by atoms with Gasteiger partial charge >= 0.3 is 5.97 Å². The first kappa shape index (κ1) is 18.8. The van der Waals surface area contributed by atoms with Crippen LogP contribution in [0.15, 0.2) is 24.4 Å². The number of piperidine rings is 1. The smallest absolute Gasteiger partial charge is 0.357 e. The molecule has 3 rings (SSSR count). The minimum Gasteiger partial charge on any atom is -0.464 e. The van der Waals surface area contributed by atoms with Gasteiger partial charge in [-0.05, 0) is 37.5 Å². The molecule has 1 aromatic carbocycles. The predicted octanol–water partition coefficient (Wildman–Crippen LogP) is 3.00. The quantitative estimate of drug-likeness (QED) is 0.817. The Hall–Kier alpha value is -2.98. The molecule has 1 amide bonds. The molecule has 2 heterocycles. The van der Waals surface area contributed by atoms with Gasteiger partial charge in [0.25, 0.3) is 5.91 Å². The lowest BCUT2D eigenvalue weighted by atomic mass is 10.1. The van der Waals surface area contributed by atoms with Crippen molar-refractivity contribution in [1.82, 2.24) is 9.47 Å². The monoisotopic (exact) mass is 386 g/mol. The molecule has 1 aromatic heterocycles. The Morgan fingerprint density at radius 3 is 2.56 bits per heavy atom. The number of esters is 1. The first-order valence-corrected chi connectivity index (χ1v) is 8.94. The summed E-state index contributed by atoms with van der Waals surface area (Å²) in [5.41, 5.74) is 7.04. The molecule has 0 unspecified atom stereocenters. The van der Waals surface area contributed by atoms with E-state index >= 15 is 0 Å². The summed E-state index contributed by atoms with van der Waals surface area (Å²) >= 11 is 6.37. The Morgan fingerprint density at radius 2 is 1.96 bits per heavy atom. The van der Waals surface area contributed by atoms with E-state index in [9.17, 15) is 14.9 Å². The Balaban J connectivity index is 2.00. The highest BCUT2D eigenvalue weighted by Gasteiger charge is 2.24. The minimum atomic E-state index is -0.668. The molecule has 27 heavy (non-hydrogen) atoms. The van der Waals surface area contributed by atoms with Gasteiger partial charge in [-0.1, -0.05) is 11.6 Å². The Bertz CT molecular complexity index is 939. The molecule has 0 atom stereocenters. The first-order chi connectivity index (χ1) is 13.0. The fourth-order valence-electron chi connectivity index (χ4n) is 3.21. The number of amides is 1. The maximum Gasteiger partial charge on any atom is 0.357 e. The maximum atomic E-state index is 12.7. The maximum absolute atomic E-state index is 12.7. The number of hydrogen-bond donors (Lipinski definition) is 1. The minimum absolute atomic E-state index is 0.0361. The molecule has 2 aromatic rings. The zero-order valence-electron chi connectivity index (χ0n) is 14.9. The van der Waals surface area contributed by atoms with E-state index in [-0.39, 0.29) is 27.9 Å². The number of ether oxygens (including phenoxy) is 1. The van der Waals surface area contributed by atoms with Crippen molar-refractivity contribution in [2.45, 2.75) is 19.3 Å². The summed E-state index contributed by atoms with van der Waals surface area (Å²) in [6.07, 6.45) is 4.55. The molecule has 140 valence electrons. The van der Waals surface area contributed by atoms with Crippen molar-refractivity contribution < 1.29 is 14.3 Å². The van der Waals surface area contributed by atoms with E-state index in [0.29, 0.717) is 11.3 Å². The third kappa shape index (κ3) is 3.49. The number of halogens is 1. The van der Waals surface area contributed by atoms with Crippen LogP contribution in [0.3, 0.4) is 0 Å². The van der Waals surface area contributed by atoms with E-state index < -0.39 is 5.97 Å². The van der Waals surface area contributed by atoms with Gasteiger partial charge in [-0.2, -0.15) is 5.26 Å². The van der Waals surface area contributed by atoms with E-state index in [1.54, 1.807) is 23.1 Å². The third-order valence-corrected chi connectivity index (χ3v) is 4.96. The second kappa shape index (κ2) is 7.72. The van der Waals surface area contributed by atoms with Crippen LogP contribution in [0.5, 0.6) is 0 Å². The number of methoxy groups -OCH3 is 1. The summed E-state index contributed by atoms with van der Waals surface area (Å²) in [6, 6.07) is 6.81. The Morgan fingerprint density at radius 1 is 1.26 bits per heavy atom. The van der Waals surface area contributed by atoms with Gasteiger partial charge in [0, 0.05) is 25.0 Å². The van der Waals surface area contributed by atoms with E-state index in [0.717, 1.165) is 32.4 Å². The summed E-state index contributed by atoms with van der Waals surface area (Å²) < 4.78 is 6.21. The van der Waals surface area contributed by atoms with Gasteiger partial charge in [-0.3, -0.25) is 4.79 Å². The van der Waals surface area contributed by atoms with Crippen LogP contribution in [-0.4, -0.2) is 41.5 Å². The lowest BCUT2D eigenvalue weighted by Gasteiger charge is -2.27. The molecule has 8 heteroatoms. The molecule has 0 aliphatic carbocycles. The molecule has 0 saturated carbocycles. The summed E-state index contributed by atoms with van der Waals surface area (Å²) in [7, 11) is 1.23. The largest absolute Gasteiger partial charge is 0.464 e. The SMILES string of the molecule is COC(=O)c1c(N)c(C#N)cn1-c1ccc(C(=O)N2CCCCC2)c(Cl)c1. The number of anilines is 1. The highest BCUT2D eigenvalue weighted by molar-refractivity contribution is 6.34. The standard InChI is InChI=1S/C19H19ClN4O3/c1-27-19(26)17-16(22)12(10-21)11-24(17)13-5-6-14(15(20)9-13)18(25)23-7-3-2-4-8-23/h5-6,9,11H,2-4,7-8,22H2,1H3. The molecule has 1 aliphatic heterocycles. The number of likely N-dealkylation sites (tertiary alicyclic amines) is 1. The highest BCUT2D eigenvalue weighted by atomic mass is 35.5. The average molecular weight is 387 g/mol. The van der Waals surface area contributed by atoms with Crippen molar-refractivity contribution in [3.63, 3.8) is 0 Å². The Labute approximate surface area is 161 Å². The number of rotatable bonds is 3. The van der Waals surface area contributed by atoms with Crippen molar-refractivity contribution in [1.29, 1.82) is 5.26 Å². The van der Waals surface area contributed by atoms with Gasteiger partial charge in [0.1, 0.15) is 6.07 Å². The Kier molecular flexibility index (Phi) is 5.38. The normalized spacial score (nSPS) is 13.9. The molecular formula is C19H19ClN4O3. The second-order valence-electron chi connectivity index (χ2n) is 6.30. The van der Waals surface area contributed by atoms with E-state index in [2.05, 4.69) is 0 Å². The van der Waals surface area contributed by atoms with Crippen molar-refractivity contribution in [2.75, 3.05) is 25.9 Å². The zero-order valence-corrected chi connectivity index (χ0v) is 15.6. The number of nitriles is 1. The van der Waals surface area contributed by atoms with Gasteiger partial charge in [-0.25, -0.2) is 4.79 Å². The van der Waals surface area contributed by atoms with Crippen molar-refractivity contribution in [2.24, 2.45) is 0 Å². The van der Waals surface area contributed by atoms with E-state index in [1.165, 1.54) is 17.9 Å². The number of nitrogen functional groups attached to an aromatic ring is 1. The average Bonchev–Trinajstić information content (AvgIpc) is 3.03. The number of hydrogen-bond acceptors (Lipinski definition) is 5. The number of nitrogens with zero attached hydrogens (tertiary/aromatic N) is 3. The molecule has 0 bridgehead atoms. The van der Waals surface area contributed by atoms with E-state index in [4.69, 9.17) is 22.1 Å². The summed E-state index contributed by atoms with van der Waals surface area (Å²) in [5.74, 6) is -0.775. The number of benzene rings is 1. The fourth-order valence-corrected chi connectivity index (χ4v) is 3.47. The van der Waals surface area contributed by atoms with Crippen LogP contribution in [0.4, 0.5) is 5.69 Å². The number of carbonyl (C=O) groups excluding carboxylic acids is 2. The van der Waals surface area contributed by atoms with E-state index in [1.807, 2.05) is 6.07 Å². The fraction of sp³-hybridized carbons (Fsp3) is 0.316. The summed E-state index contributed by atoms with van der Waals surface area (Å²) in [4.78, 5) is 26.6. The number of carbonyl (C=O) groups is 2. The first-order valence-electron chi connectivity index (χ1n) is 8.56. The van der Waals surface area contributed by atoms with Gasteiger partial charge in [-0.15, -0.1) is 0 Å². The lowest BCUT2D eigenvalue weighted by Crippen LogP contribution is -2.35. The van der Waals surface area contributed by atoms with Gasteiger partial charge in [0.05, 0.1) is 28.9 Å². The molecule has 2 N–H and O–H groups in total. The van der Waals surface area contributed by atoms with Crippen LogP contribution in [0.1, 0.15) is 45.7 Å². The predicted molar refractivity (Wildman–Crippen MR) is 101 cm³/mol. The van der Waals surface area contributed by atoms with Crippen LogP contribution in [-0.2, 0) is 4.74 Å².